The lowest BCUT2D eigenvalue weighted by Crippen LogP contribution is -2.27. The predicted octanol–water partition coefficient (Wildman–Crippen LogP) is 1.75. The van der Waals surface area contributed by atoms with Crippen LogP contribution in [0.15, 0.2) is 24.3 Å². The number of nitrogens with zero attached hydrogens (tertiary/aromatic N) is 1. The summed E-state index contributed by atoms with van der Waals surface area (Å²) >= 11 is 0. The smallest absolute Gasteiger partial charge is 0.119 e. The van der Waals surface area contributed by atoms with E-state index in [1.54, 1.807) is 7.11 Å². The molecule has 0 aliphatic heterocycles. The number of hydrogen-bond donors (Lipinski definition) is 1. The quantitative estimate of drug-likeness (QED) is 0.699. The molecule has 0 aromatic heterocycles. The maximum atomic E-state index is 5.71. The Kier molecular flexibility index (Phi) is 8.21. The molecule has 0 aliphatic carbocycles. The highest BCUT2D eigenvalue weighted by atomic mass is 16.5. The van der Waals surface area contributed by atoms with Gasteiger partial charge in [0, 0.05) is 26.7 Å². The Balaban J connectivity index is 2.22. The lowest BCUT2D eigenvalue weighted by atomic mass is 10.2. The van der Waals surface area contributed by atoms with Crippen molar-refractivity contribution in [2.75, 3.05) is 47.0 Å². The molecule has 0 unspecified atom stereocenters. The molecule has 19 heavy (non-hydrogen) atoms. The Morgan fingerprint density at radius 1 is 1.11 bits per heavy atom. The number of benzene rings is 1. The highest BCUT2D eigenvalue weighted by Crippen LogP contribution is 2.11. The summed E-state index contributed by atoms with van der Waals surface area (Å²) in [5, 5.41) is 3.30. The van der Waals surface area contributed by atoms with Gasteiger partial charge in [-0.25, -0.2) is 0 Å². The maximum Gasteiger partial charge on any atom is 0.119 e. The largest absolute Gasteiger partial charge is 0.492 e. The average Bonchev–Trinajstić information content (AvgIpc) is 2.44. The van der Waals surface area contributed by atoms with E-state index in [1.807, 2.05) is 12.1 Å². The molecule has 1 rings (SSSR count). The molecule has 0 aliphatic rings. The number of rotatable bonds is 10. The molecule has 0 saturated heterocycles. The first-order valence-corrected chi connectivity index (χ1v) is 6.86. The van der Waals surface area contributed by atoms with Crippen molar-refractivity contribution in [3.05, 3.63) is 29.8 Å². The van der Waals surface area contributed by atoms with Crippen molar-refractivity contribution in [1.82, 2.24) is 10.2 Å². The van der Waals surface area contributed by atoms with Gasteiger partial charge >= 0.3 is 0 Å². The standard InChI is InChI=1S/C15H26N2O2/c1-4-16-13-14-5-7-15(8-6-14)19-12-10-17(2)9-11-18-3/h5-8,16H,4,9-13H2,1-3H3. The van der Waals surface area contributed by atoms with E-state index < -0.39 is 0 Å². The van der Waals surface area contributed by atoms with Gasteiger partial charge in [-0.05, 0) is 31.3 Å². The van der Waals surface area contributed by atoms with Crippen molar-refractivity contribution in [2.45, 2.75) is 13.5 Å². The summed E-state index contributed by atoms with van der Waals surface area (Å²) in [6.07, 6.45) is 0. The van der Waals surface area contributed by atoms with E-state index in [9.17, 15) is 0 Å². The molecule has 0 spiro atoms. The molecule has 1 aromatic carbocycles. The second-order valence-corrected chi connectivity index (χ2v) is 4.57. The molecular formula is C15H26N2O2. The van der Waals surface area contributed by atoms with Crippen LogP contribution in [0.3, 0.4) is 0 Å². The Morgan fingerprint density at radius 2 is 1.79 bits per heavy atom. The minimum Gasteiger partial charge on any atom is -0.492 e. The van der Waals surface area contributed by atoms with Gasteiger partial charge in [0.2, 0.25) is 0 Å². The minimum absolute atomic E-state index is 0.701. The summed E-state index contributed by atoms with van der Waals surface area (Å²) in [5.41, 5.74) is 1.28. The molecule has 0 atom stereocenters. The van der Waals surface area contributed by atoms with E-state index in [0.29, 0.717) is 6.61 Å². The summed E-state index contributed by atoms with van der Waals surface area (Å²) in [4.78, 5) is 2.20. The van der Waals surface area contributed by atoms with Crippen LogP contribution < -0.4 is 10.1 Å². The topological polar surface area (TPSA) is 33.7 Å². The van der Waals surface area contributed by atoms with E-state index in [1.165, 1.54) is 5.56 Å². The van der Waals surface area contributed by atoms with E-state index in [2.05, 4.69) is 36.3 Å². The fourth-order valence-electron chi connectivity index (χ4n) is 1.65. The predicted molar refractivity (Wildman–Crippen MR) is 78.7 cm³/mol. The molecule has 1 N–H and O–H groups in total. The van der Waals surface area contributed by atoms with Gasteiger partial charge in [-0.15, -0.1) is 0 Å². The van der Waals surface area contributed by atoms with Crippen LogP contribution in [0.5, 0.6) is 5.75 Å². The van der Waals surface area contributed by atoms with Crippen LogP contribution in [0.1, 0.15) is 12.5 Å². The molecule has 108 valence electrons. The third-order valence-electron chi connectivity index (χ3n) is 2.92. The molecule has 0 amide bonds. The fraction of sp³-hybridized carbons (Fsp3) is 0.600. The van der Waals surface area contributed by atoms with Crippen LogP contribution in [-0.2, 0) is 11.3 Å². The van der Waals surface area contributed by atoms with Gasteiger partial charge in [-0.3, -0.25) is 0 Å². The molecule has 0 radical (unpaired) electrons. The highest BCUT2D eigenvalue weighted by Gasteiger charge is 1.99. The van der Waals surface area contributed by atoms with Gasteiger partial charge in [0.15, 0.2) is 0 Å². The number of methoxy groups -OCH3 is 1. The van der Waals surface area contributed by atoms with Gasteiger partial charge in [0.05, 0.1) is 6.61 Å². The monoisotopic (exact) mass is 266 g/mol. The SMILES string of the molecule is CCNCc1ccc(OCCN(C)CCOC)cc1. The van der Waals surface area contributed by atoms with E-state index in [-0.39, 0.29) is 0 Å². The van der Waals surface area contributed by atoms with Crippen molar-refractivity contribution >= 4 is 0 Å². The lowest BCUT2D eigenvalue weighted by Gasteiger charge is -2.16. The lowest BCUT2D eigenvalue weighted by molar-refractivity contribution is 0.150. The Morgan fingerprint density at radius 3 is 2.42 bits per heavy atom. The first kappa shape index (κ1) is 16.0. The van der Waals surface area contributed by atoms with Gasteiger partial charge in [-0.2, -0.15) is 0 Å². The third kappa shape index (κ3) is 7.15. The zero-order chi connectivity index (χ0) is 13.9. The van der Waals surface area contributed by atoms with Gasteiger partial charge in [-0.1, -0.05) is 19.1 Å². The van der Waals surface area contributed by atoms with Crippen LogP contribution in [0.25, 0.3) is 0 Å². The Hall–Kier alpha value is -1.10. The van der Waals surface area contributed by atoms with E-state index in [4.69, 9.17) is 9.47 Å². The number of hydrogen-bond acceptors (Lipinski definition) is 4. The molecule has 1 aromatic rings. The van der Waals surface area contributed by atoms with Gasteiger partial charge in [0.1, 0.15) is 12.4 Å². The number of likely N-dealkylation sites (N-methyl/N-ethyl adjacent to an activating group) is 1. The van der Waals surface area contributed by atoms with Gasteiger partial charge in [0.25, 0.3) is 0 Å². The number of ether oxygens (including phenoxy) is 2. The van der Waals surface area contributed by atoms with Crippen molar-refractivity contribution in [3.63, 3.8) is 0 Å². The maximum absolute atomic E-state index is 5.71. The molecule has 0 heterocycles. The van der Waals surface area contributed by atoms with Gasteiger partial charge < -0.3 is 19.7 Å². The van der Waals surface area contributed by atoms with Crippen LogP contribution >= 0.6 is 0 Å². The summed E-state index contributed by atoms with van der Waals surface area (Å²) in [6.45, 7) is 7.31. The molecule has 4 heteroatoms. The Bertz CT molecular complexity index is 327. The van der Waals surface area contributed by atoms with Crippen molar-refractivity contribution < 1.29 is 9.47 Å². The first-order chi connectivity index (χ1) is 9.26. The molecule has 0 fully saturated rings. The second-order valence-electron chi connectivity index (χ2n) is 4.57. The summed E-state index contributed by atoms with van der Waals surface area (Å²) < 4.78 is 10.7. The van der Waals surface area contributed by atoms with Crippen LogP contribution in [0.2, 0.25) is 0 Å². The van der Waals surface area contributed by atoms with Crippen molar-refractivity contribution in [1.29, 1.82) is 0 Å². The third-order valence-corrected chi connectivity index (χ3v) is 2.92. The zero-order valence-corrected chi connectivity index (χ0v) is 12.3. The van der Waals surface area contributed by atoms with Crippen molar-refractivity contribution in [3.8, 4) is 5.75 Å². The van der Waals surface area contributed by atoms with E-state index in [0.717, 1.165) is 38.5 Å². The van der Waals surface area contributed by atoms with Crippen LogP contribution in [-0.4, -0.2) is 51.9 Å². The normalized spacial score (nSPS) is 10.9. The summed E-state index contributed by atoms with van der Waals surface area (Å²) in [7, 11) is 3.79. The van der Waals surface area contributed by atoms with Crippen molar-refractivity contribution in [2.24, 2.45) is 0 Å². The molecular weight excluding hydrogens is 240 g/mol. The summed E-state index contributed by atoms with van der Waals surface area (Å²) in [5.74, 6) is 0.931. The molecule has 0 bridgehead atoms. The average molecular weight is 266 g/mol. The van der Waals surface area contributed by atoms with Crippen LogP contribution in [0, 0.1) is 0 Å². The second kappa shape index (κ2) is 9.78. The number of nitrogens with one attached hydrogen (secondary N) is 1. The minimum atomic E-state index is 0.701. The molecule has 4 nitrogen and oxygen atoms in total. The highest BCUT2D eigenvalue weighted by molar-refractivity contribution is 5.27. The zero-order valence-electron chi connectivity index (χ0n) is 12.3. The fourth-order valence-corrected chi connectivity index (χ4v) is 1.65. The first-order valence-electron chi connectivity index (χ1n) is 6.86. The Labute approximate surface area is 116 Å². The summed E-state index contributed by atoms with van der Waals surface area (Å²) in [6, 6.07) is 8.27. The molecule has 0 saturated carbocycles. The van der Waals surface area contributed by atoms with Crippen LogP contribution in [0.4, 0.5) is 0 Å². The van der Waals surface area contributed by atoms with E-state index >= 15 is 0 Å².